The Morgan fingerprint density at radius 3 is 2.84 bits per heavy atom. The molecule has 4 aromatic rings. The van der Waals surface area contributed by atoms with Gasteiger partial charge in [-0.3, -0.25) is 9.36 Å². The summed E-state index contributed by atoms with van der Waals surface area (Å²) >= 11 is 7.40. The lowest BCUT2D eigenvalue weighted by molar-refractivity contribution is -0.119. The molecule has 2 heterocycles. The third-order valence-corrected chi connectivity index (χ3v) is 5.94. The molecule has 0 radical (unpaired) electrons. The molecule has 2 aromatic heterocycles. The molecular formula is C23H21ClN4O2S. The largest absolute Gasteiger partial charge is 0.453 e. The summed E-state index contributed by atoms with van der Waals surface area (Å²) in [5, 5.41) is 13.7. The lowest BCUT2D eigenvalue weighted by Gasteiger charge is -2.14. The zero-order valence-corrected chi connectivity index (χ0v) is 18.5. The van der Waals surface area contributed by atoms with Crippen molar-refractivity contribution in [2.75, 3.05) is 5.75 Å². The Kier molecular flexibility index (Phi) is 6.44. The fourth-order valence-corrected chi connectivity index (χ4v) is 4.17. The van der Waals surface area contributed by atoms with Crippen LogP contribution >= 0.6 is 23.4 Å². The van der Waals surface area contributed by atoms with Crippen LogP contribution in [0.25, 0.3) is 22.6 Å². The second-order valence-electron chi connectivity index (χ2n) is 6.99. The summed E-state index contributed by atoms with van der Waals surface area (Å²) in [6.07, 6.45) is 1.76. The van der Waals surface area contributed by atoms with Crippen molar-refractivity contribution in [2.45, 2.75) is 24.7 Å². The summed E-state index contributed by atoms with van der Waals surface area (Å²) in [4.78, 5) is 12.5. The monoisotopic (exact) mass is 452 g/mol. The van der Waals surface area contributed by atoms with E-state index >= 15 is 0 Å². The van der Waals surface area contributed by atoms with Gasteiger partial charge in [-0.25, -0.2) is 0 Å². The van der Waals surface area contributed by atoms with Gasteiger partial charge < -0.3 is 9.73 Å². The average molecular weight is 453 g/mol. The number of furan rings is 1. The van der Waals surface area contributed by atoms with E-state index in [1.165, 1.54) is 11.8 Å². The van der Waals surface area contributed by atoms with Crippen molar-refractivity contribution in [2.24, 2.45) is 0 Å². The van der Waals surface area contributed by atoms with Gasteiger partial charge in [0.25, 0.3) is 0 Å². The molecule has 158 valence electrons. The number of carbonyl (C=O) groups excluding carboxylic acids is 1. The molecule has 1 amide bonds. The highest BCUT2D eigenvalue weighted by atomic mass is 35.5. The minimum atomic E-state index is -0.0746. The van der Waals surface area contributed by atoms with Crippen LogP contribution in [0, 0.1) is 0 Å². The van der Waals surface area contributed by atoms with Crippen LogP contribution in [-0.4, -0.2) is 26.4 Å². The Hall–Kier alpha value is -3.03. The molecule has 4 rings (SSSR count). The Labute approximate surface area is 189 Å². The van der Waals surface area contributed by atoms with E-state index in [1.807, 2.05) is 60.0 Å². The Morgan fingerprint density at radius 2 is 2.06 bits per heavy atom. The maximum atomic E-state index is 12.5. The van der Waals surface area contributed by atoms with Gasteiger partial charge in [0.1, 0.15) is 5.58 Å². The van der Waals surface area contributed by atoms with Gasteiger partial charge in [0.15, 0.2) is 10.9 Å². The lowest BCUT2D eigenvalue weighted by atomic mass is 10.1. The van der Waals surface area contributed by atoms with Crippen molar-refractivity contribution in [3.05, 3.63) is 77.8 Å². The van der Waals surface area contributed by atoms with Crippen molar-refractivity contribution in [1.29, 1.82) is 0 Å². The van der Waals surface area contributed by atoms with E-state index in [0.717, 1.165) is 16.5 Å². The smallest absolute Gasteiger partial charge is 0.230 e. The van der Waals surface area contributed by atoms with Crippen LogP contribution in [0.2, 0.25) is 5.02 Å². The minimum Gasteiger partial charge on any atom is -0.453 e. The van der Waals surface area contributed by atoms with E-state index in [4.69, 9.17) is 16.0 Å². The highest BCUT2D eigenvalue weighted by Crippen LogP contribution is 2.30. The van der Waals surface area contributed by atoms with E-state index in [-0.39, 0.29) is 17.7 Å². The summed E-state index contributed by atoms with van der Waals surface area (Å²) in [5.41, 5.74) is 1.78. The number of hydrogen-bond acceptors (Lipinski definition) is 5. The van der Waals surface area contributed by atoms with Crippen molar-refractivity contribution in [1.82, 2.24) is 20.1 Å². The minimum absolute atomic E-state index is 0.0710. The number of thioether (sulfide) groups is 1. The van der Waals surface area contributed by atoms with Crippen molar-refractivity contribution >= 4 is 40.2 Å². The molecule has 0 aliphatic heterocycles. The molecule has 8 heteroatoms. The number of nitrogens with zero attached hydrogens (tertiary/aromatic N) is 3. The van der Waals surface area contributed by atoms with E-state index in [9.17, 15) is 4.79 Å². The number of benzene rings is 2. The van der Waals surface area contributed by atoms with Crippen LogP contribution < -0.4 is 5.32 Å². The number of aromatic nitrogens is 3. The summed E-state index contributed by atoms with van der Waals surface area (Å²) < 4.78 is 7.81. The maximum absolute atomic E-state index is 12.5. The Balaban J connectivity index is 1.49. The molecule has 0 aliphatic rings. The quantitative estimate of drug-likeness (QED) is 0.282. The molecule has 0 aliphatic carbocycles. The van der Waals surface area contributed by atoms with Gasteiger partial charge in [-0.1, -0.05) is 59.8 Å². The molecule has 0 spiro atoms. The zero-order chi connectivity index (χ0) is 21.8. The normalized spacial score (nSPS) is 12.1. The molecular weight excluding hydrogens is 432 g/mol. The average Bonchev–Trinajstić information content (AvgIpc) is 3.36. The summed E-state index contributed by atoms with van der Waals surface area (Å²) in [6.45, 7) is 6.27. The first-order valence-electron chi connectivity index (χ1n) is 9.76. The van der Waals surface area contributed by atoms with Gasteiger partial charge in [-0.2, -0.15) is 0 Å². The molecule has 0 bridgehead atoms. The number of rotatable bonds is 8. The standard InChI is InChI=1S/C23H21ClN4O2S/c1-3-11-28-22(20-13-17-12-18(24)9-10-19(17)30-20)26-27-23(28)31-14-21(29)25-15(2)16-7-5-4-6-8-16/h3-10,12-13,15H,1,11,14H2,2H3,(H,25,29)/t15-/m0/s1. The van der Waals surface area contributed by atoms with Crippen LogP contribution in [0.1, 0.15) is 18.5 Å². The van der Waals surface area contributed by atoms with Gasteiger partial charge in [0, 0.05) is 17.0 Å². The number of allylic oxidation sites excluding steroid dienone is 1. The van der Waals surface area contributed by atoms with Gasteiger partial charge in [0.2, 0.25) is 11.7 Å². The SMILES string of the molecule is C=CCn1c(SCC(=O)N[C@@H](C)c2ccccc2)nnc1-c1cc2cc(Cl)ccc2o1. The number of amides is 1. The highest BCUT2D eigenvalue weighted by molar-refractivity contribution is 7.99. The number of halogens is 1. The molecule has 0 saturated carbocycles. The molecule has 0 saturated heterocycles. The lowest BCUT2D eigenvalue weighted by Crippen LogP contribution is -2.28. The van der Waals surface area contributed by atoms with E-state index in [0.29, 0.717) is 28.3 Å². The second kappa shape index (κ2) is 9.41. The van der Waals surface area contributed by atoms with Gasteiger partial charge in [-0.15, -0.1) is 16.8 Å². The number of nitrogens with one attached hydrogen (secondary N) is 1. The number of fused-ring (bicyclic) bond motifs is 1. The molecule has 1 N–H and O–H groups in total. The van der Waals surface area contributed by atoms with Crippen LogP contribution in [-0.2, 0) is 11.3 Å². The molecule has 31 heavy (non-hydrogen) atoms. The summed E-state index contributed by atoms with van der Waals surface area (Å²) in [7, 11) is 0. The molecule has 1 atom stereocenters. The fraction of sp³-hybridized carbons (Fsp3) is 0.174. The fourth-order valence-electron chi connectivity index (χ4n) is 3.23. The zero-order valence-electron chi connectivity index (χ0n) is 16.9. The van der Waals surface area contributed by atoms with Gasteiger partial charge in [0.05, 0.1) is 11.8 Å². The van der Waals surface area contributed by atoms with Crippen LogP contribution in [0.15, 0.2) is 76.8 Å². The highest BCUT2D eigenvalue weighted by Gasteiger charge is 2.19. The van der Waals surface area contributed by atoms with Gasteiger partial charge >= 0.3 is 0 Å². The van der Waals surface area contributed by atoms with Crippen molar-refractivity contribution in [3.63, 3.8) is 0 Å². The molecule has 0 fully saturated rings. The van der Waals surface area contributed by atoms with E-state index in [1.54, 1.807) is 12.1 Å². The predicted octanol–water partition coefficient (Wildman–Crippen LogP) is 5.50. The van der Waals surface area contributed by atoms with Crippen LogP contribution in [0.4, 0.5) is 0 Å². The third kappa shape index (κ3) is 4.84. The molecule has 0 unspecified atom stereocenters. The van der Waals surface area contributed by atoms with Crippen molar-refractivity contribution in [3.8, 4) is 11.6 Å². The van der Waals surface area contributed by atoms with Crippen molar-refractivity contribution < 1.29 is 9.21 Å². The summed E-state index contributed by atoms with van der Waals surface area (Å²) in [6, 6.07) is 17.1. The first-order valence-corrected chi connectivity index (χ1v) is 11.1. The Bertz CT molecular complexity index is 1220. The summed E-state index contributed by atoms with van der Waals surface area (Å²) in [5.74, 6) is 1.31. The number of carbonyl (C=O) groups is 1. The first kappa shape index (κ1) is 21.2. The van der Waals surface area contributed by atoms with Crippen LogP contribution in [0.5, 0.6) is 0 Å². The predicted molar refractivity (Wildman–Crippen MR) is 124 cm³/mol. The second-order valence-corrected chi connectivity index (χ2v) is 8.37. The third-order valence-electron chi connectivity index (χ3n) is 4.74. The first-order chi connectivity index (χ1) is 15.0. The molecule has 6 nitrogen and oxygen atoms in total. The van der Waals surface area contributed by atoms with E-state index < -0.39 is 0 Å². The number of hydrogen-bond donors (Lipinski definition) is 1. The maximum Gasteiger partial charge on any atom is 0.230 e. The molecule has 2 aromatic carbocycles. The Morgan fingerprint density at radius 1 is 1.26 bits per heavy atom. The van der Waals surface area contributed by atoms with Gasteiger partial charge in [-0.05, 0) is 36.8 Å². The topological polar surface area (TPSA) is 73.0 Å². The van der Waals surface area contributed by atoms with Crippen LogP contribution in [0.3, 0.4) is 0 Å². The van der Waals surface area contributed by atoms with E-state index in [2.05, 4.69) is 22.1 Å².